The molecular weight excluding hydrogens is 326 g/mol. The molecule has 0 saturated carbocycles. The van der Waals surface area contributed by atoms with Crippen molar-refractivity contribution in [3.05, 3.63) is 65.7 Å². The van der Waals surface area contributed by atoms with Crippen LogP contribution in [-0.2, 0) is 6.42 Å². The number of hydrogen-bond donors (Lipinski definition) is 2. The van der Waals surface area contributed by atoms with Gasteiger partial charge < -0.3 is 15.5 Å². The maximum Gasteiger partial charge on any atom is 0.319 e. The first kappa shape index (κ1) is 18.0. The SMILES string of the molecule is O=C(NCCc1ccccc1)Nc1cccc(C(=O)N2CCCCC2)c1. The minimum absolute atomic E-state index is 0.0397. The van der Waals surface area contributed by atoms with Gasteiger partial charge in [0, 0.05) is 30.9 Å². The van der Waals surface area contributed by atoms with Gasteiger partial charge in [0.2, 0.25) is 0 Å². The normalized spacial score (nSPS) is 13.9. The molecular formula is C21H25N3O2. The van der Waals surface area contributed by atoms with Crippen LogP contribution in [0.5, 0.6) is 0 Å². The summed E-state index contributed by atoms with van der Waals surface area (Å²) in [6.45, 7) is 2.19. The predicted octanol–water partition coefficient (Wildman–Crippen LogP) is 3.68. The summed E-state index contributed by atoms with van der Waals surface area (Å²) >= 11 is 0. The van der Waals surface area contributed by atoms with E-state index in [0.717, 1.165) is 32.4 Å². The van der Waals surface area contributed by atoms with Crippen molar-refractivity contribution in [1.82, 2.24) is 10.2 Å². The van der Waals surface area contributed by atoms with Gasteiger partial charge >= 0.3 is 6.03 Å². The third-order valence-electron chi connectivity index (χ3n) is 4.55. The lowest BCUT2D eigenvalue weighted by Gasteiger charge is -2.26. The highest BCUT2D eigenvalue weighted by Gasteiger charge is 2.18. The van der Waals surface area contributed by atoms with Crippen LogP contribution in [0.4, 0.5) is 10.5 Å². The van der Waals surface area contributed by atoms with Crippen LogP contribution >= 0.6 is 0 Å². The zero-order chi connectivity index (χ0) is 18.2. The molecule has 0 radical (unpaired) electrons. The van der Waals surface area contributed by atoms with Crippen LogP contribution in [0.15, 0.2) is 54.6 Å². The first-order valence-corrected chi connectivity index (χ1v) is 9.20. The van der Waals surface area contributed by atoms with Crippen molar-refractivity contribution in [2.75, 3.05) is 25.0 Å². The number of nitrogens with zero attached hydrogens (tertiary/aromatic N) is 1. The van der Waals surface area contributed by atoms with Gasteiger partial charge in [0.25, 0.3) is 5.91 Å². The average Bonchev–Trinajstić information content (AvgIpc) is 2.69. The Balaban J connectivity index is 1.51. The molecule has 0 unspecified atom stereocenters. The van der Waals surface area contributed by atoms with Crippen molar-refractivity contribution in [2.24, 2.45) is 0 Å². The van der Waals surface area contributed by atoms with E-state index in [1.54, 1.807) is 24.3 Å². The number of piperidine rings is 1. The van der Waals surface area contributed by atoms with E-state index in [1.807, 2.05) is 35.2 Å². The Kier molecular flexibility index (Phi) is 6.25. The molecule has 5 heteroatoms. The zero-order valence-corrected chi connectivity index (χ0v) is 14.9. The Morgan fingerprint density at radius 3 is 2.46 bits per heavy atom. The van der Waals surface area contributed by atoms with E-state index in [2.05, 4.69) is 10.6 Å². The number of likely N-dealkylation sites (tertiary alicyclic amines) is 1. The van der Waals surface area contributed by atoms with Crippen molar-refractivity contribution in [3.63, 3.8) is 0 Å². The molecule has 1 saturated heterocycles. The smallest absolute Gasteiger partial charge is 0.319 e. The lowest BCUT2D eigenvalue weighted by atomic mass is 10.1. The van der Waals surface area contributed by atoms with E-state index in [9.17, 15) is 9.59 Å². The van der Waals surface area contributed by atoms with Crippen molar-refractivity contribution >= 4 is 17.6 Å². The number of benzene rings is 2. The average molecular weight is 351 g/mol. The number of hydrogen-bond acceptors (Lipinski definition) is 2. The number of anilines is 1. The monoisotopic (exact) mass is 351 g/mol. The molecule has 1 aliphatic rings. The number of rotatable bonds is 5. The molecule has 3 amide bonds. The molecule has 1 aliphatic heterocycles. The maximum atomic E-state index is 12.6. The van der Waals surface area contributed by atoms with Gasteiger partial charge in [-0.3, -0.25) is 4.79 Å². The van der Waals surface area contributed by atoms with Gasteiger partial charge in [-0.05, 0) is 49.4 Å². The molecule has 5 nitrogen and oxygen atoms in total. The largest absolute Gasteiger partial charge is 0.339 e. The van der Waals surface area contributed by atoms with Crippen LogP contribution in [-0.4, -0.2) is 36.5 Å². The van der Waals surface area contributed by atoms with Gasteiger partial charge in [-0.1, -0.05) is 36.4 Å². The summed E-state index contributed by atoms with van der Waals surface area (Å²) in [4.78, 5) is 26.5. The Morgan fingerprint density at radius 1 is 0.923 bits per heavy atom. The molecule has 1 heterocycles. The fourth-order valence-electron chi connectivity index (χ4n) is 3.15. The minimum Gasteiger partial charge on any atom is -0.339 e. The van der Waals surface area contributed by atoms with Gasteiger partial charge in [-0.25, -0.2) is 4.79 Å². The second kappa shape index (κ2) is 9.04. The second-order valence-corrected chi connectivity index (χ2v) is 6.55. The van der Waals surface area contributed by atoms with E-state index in [0.29, 0.717) is 17.8 Å². The topological polar surface area (TPSA) is 61.4 Å². The fraction of sp³-hybridized carbons (Fsp3) is 0.333. The van der Waals surface area contributed by atoms with E-state index in [-0.39, 0.29) is 11.9 Å². The first-order valence-electron chi connectivity index (χ1n) is 9.20. The Morgan fingerprint density at radius 2 is 1.69 bits per heavy atom. The number of nitrogens with one attached hydrogen (secondary N) is 2. The maximum absolute atomic E-state index is 12.6. The first-order chi connectivity index (χ1) is 12.7. The molecule has 3 rings (SSSR count). The third kappa shape index (κ3) is 5.09. The molecule has 0 atom stereocenters. The van der Waals surface area contributed by atoms with Crippen LogP contribution < -0.4 is 10.6 Å². The van der Waals surface area contributed by atoms with Crippen molar-refractivity contribution in [3.8, 4) is 0 Å². The fourth-order valence-corrected chi connectivity index (χ4v) is 3.15. The Labute approximate surface area is 154 Å². The molecule has 2 N–H and O–H groups in total. The number of carbonyl (C=O) groups excluding carboxylic acids is 2. The Hall–Kier alpha value is -2.82. The summed E-state index contributed by atoms with van der Waals surface area (Å²) in [5.74, 6) is 0.0397. The van der Waals surface area contributed by atoms with E-state index < -0.39 is 0 Å². The molecule has 26 heavy (non-hydrogen) atoms. The van der Waals surface area contributed by atoms with E-state index in [4.69, 9.17) is 0 Å². The predicted molar refractivity (Wildman–Crippen MR) is 103 cm³/mol. The summed E-state index contributed by atoms with van der Waals surface area (Å²) in [6, 6.07) is 16.9. The molecule has 2 aromatic carbocycles. The van der Waals surface area contributed by atoms with Gasteiger partial charge in [0.1, 0.15) is 0 Å². The summed E-state index contributed by atoms with van der Waals surface area (Å²) in [5, 5.41) is 5.65. The Bertz CT molecular complexity index is 740. The summed E-state index contributed by atoms with van der Waals surface area (Å²) < 4.78 is 0. The van der Waals surface area contributed by atoms with Crippen LogP contribution in [0.1, 0.15) is 35.2 Å². The highest BCUT2D eigenvalue weighted by molar-refractivity contribution is 5.97. The number of carbonyl (C=O) groups is 2. The molecule has 0 aromatic heterocycles. The van der Waals surface area contributed by atoms with Crippen molar-refractivity contribution in [2.45, 2.75) is 25.7 Å². The second-order valence-electron chi connectivity index (χ2n) is 6.55. The number of amides is 3. The standard InChI is InChI=1S/C21H25N3O2/c25-20(24-14-5-2-6-15-24)18-10-7-11-19(16-18)23-21(26)22-13-12-17-8-3-1-4-9-17/h1,3-4,7-11,16H,2,5-6,12-15H2,(H2,22,23,26). The van der Waals surface area contributed by atoms with Crippen LogP contribution in [0.25, 0.3) is 0 Å². The van der Waals surface area contributed by atoms with E-state index in [1.165, 1.54) is 12.0 Å². The van der Waals surface area contributed by atoms with Crippen molar-refractivity contribution < 1.29 is 9.59 Å². The summed E-state index contributed by atoms with van der Waals surface area (Å²) in [5.41, 5.74) is 2.43. The van der Waals surface area contributed by atoms with Gasteiger partial charge in [0.05, 0.1) is 0 Å². The zero-order valence-electron chi connectivity index (χ0n) is 14.9. The third-order valence-corrected chi connectivity index (χ3v) is 4.55. The molecule has 0 aliphatic carbocycles. The van der Waals surface area contributed by atoms with E-state index >= 15 is 0 Å². The van der Waals surface area contributed by atoms with Crippen LogP contribution in [0, 0.1) is 0 Å². The minimum atomic E-state index is -0.261. The van der Waals surface area contributed by atoms with Crippen LogP contribution in [0.3, 0.4) is 0 Å². The lowest BCUT2D eigenvalue weighted by Crippen LogP contribution is -2.35. The van der Waals surface area contributed by atoms with Gasteiger partial charge in [-0.2, -0.15) is 0 Å². The summed E-state index contributed by atoms with van der Waals surface area (Å²) in [6.07, 6.45) is 4.09. The van der Waals surface area contributed by atoms with Crippen LogP contribution in [0.2, 0.25) is 0 Å². The number of urea groups is 1. The highest BCUT2D eigenvalue weighted by atomic mass is 16.2. The summed E-state index contributed by atoms with van der Waals surface area (Å²) in [7, 11) is 0. The molecule has 2 aromatic rings. The lowest BCUT2D eigenvalue weighted by molar-refractivity contribution is 0.0724. The highest BCUT2D eigenvalue weighted by Crippen LogP contribution is 2.16. The molecule has 1 fully saturated rings. The van der Waals surface area contributed by atoms with Gasteiger partial charge in [-0.15, -0.1) is 0 Å². The van der Waals surface area contributed by atoms with Gasteiger partial charge in [0.15, 0.2) is 0 Å². The van der Waals surface area contributed by atoms with Crippen molar-refractivity contribution in [1.29, 1.82) is 0 Å². The molecule has 0 spiro atoms. The quantitative estimate of drug-likeness (QED) is 0.863. The molecule has 136 valence electrons. The molecule has 0 bridgehead atoms.